The number of carbonyl (C=O) groups is 1. The molecule has 0 bridgehead atoms. The summed E-state index contributed by atoms with van der Waals surface area (Å²) in [4.78, 5) is 31.6. The van der Waals surface area contributed by atoms with Gasteiger partial charge in [0.2, 0.25) is 17.7 Å². The number of nitrogen functional groups attached to an aromatic ring is 1. The maximum absolute atomic E-state index is 12.8. The van der Waals surface area contributed by atoms with Gasteiger partial charge in [0.25, 0.3) is 0 Å². The number of thiophene rings is 1. The number of anilines is 2. The molecular formula is C28H34N8O3S. The van der Waals surface area contributed by atoms with Gasteiger partial charge in [-0.05, 0) is 59.4 Å². The van der Waals surface area contributed by atoms with Crippen LogP contribution in [0.25, 0.3) is 11.5 Å². The normalized spacial score (nSPS) is 21.3. The number of nitriles is 1. The molecule has 11 nitrogen and oxygen atoms in total. The highest BCUT2D eigenvalue weighted by molar-refractivity contribution is 7.16. The third-order valence-corrected chi connectivity index (χ3v) is 8.42. The van der Waals surface area contributed by atoms with E-state index >= 15 is 0 Å². The fraction of sp³-hybridized carbons (Fsp3) is 0.500. The number of nitrogens with two attached hydrogens (primary N) is 1. The highest BCUT2D eigenvalue weighted by Gasteiger charge is 2.43. The van der Waals surface area contributed by atoms with Crippen LogP contribution in [0.15, 0.2) is 29.4 Å². The summed E-state index contributed by atoms with van der Waals surface area (Å²) in [6, 6.07) is 3.81. The number of hydrogen-bond acceptors (Lipinski definition) is 11. The van der Waals surface area contributed by atoms with Gasteiger partial charge >= 0.3 is 6.09 Å². The van der Waals surface area contributed by atoms with E-state index in [0.717, 1.165) is 36.1 Å². The smallest absolute Gasteiger partial charge is 0.410 e. The highest BCUT2D eigenvalue weighted by Crippen LogP contribution is 2.48. The fourth-order valence-electron chi connectivity index (χ4n) is 5.43. The molecule has 1 saturated heterocycles. The Morgan fingerprint density at radius 3 is 2.88 bits per heavy atom. The van der Waals surface area contributed by atoms with E-state index in [0.29, 0.717) is 53.6 Å². The van der Waals surface area contributed by atoms with Crippen LogP contribution in [-0.4, -0.2) is 62.4 Å². The number of amides is 1. The van der Waals surface area contributed by atoms with Crippen molar-refractivity contribution >= 4 is 28.4 Å². The highest BCUT2D eigenvalue weighted by atomic mass is 32.1. The molecule has 1 aliphatic carbocycles. The molecule has 3 aromatic rings. The van der Waals surface area contributed by atoms with Crippen molar-refractivity contribution in [1.29, 1.82) is 5.26 Å². The molecule has 5 rings (SSSR count). The summed E-state index contributed by atoms with van der Waals surface area (Å²) in [6.45, 7) is 13.2. The van der Waals surface area contributed by atoms with Crippen molar-refractivity contribution in [1.82, 2.24) is 25.0 Å². The maximum Gasteiger partial charge on any atom is 0.410 e. The molecule has 12 heteroatoms. The van der Waals surface area contributed by atoms with Gasteiger partial charge in [-0.3, -0.25) is 0 Å². The zero-order valence-electron chi connectivity index (χ0n) is 23.3. The second-order valence-electron chi connectivity index (χ2n) is 11.4. The Bertz CT molecular complexity index is 1470. The first-order chi connectivity index (χ1) is 19.0. The molecule has 0 unspecified atom stereocenters. The molecule has 0 aromatic carbocycles. The fourth-order valence-corrected chi connectivity index (χ4v) is 6.62. The van der Waals surface area contributed by atoms with Gasteiger partial charge in [-0.2, -0.15) is 10.2 Å². The van der Waals surface area contributed by atoms with E-state index < -0.39 is 11.0 Å². The van der Waals surface area contributed by atoms with Crippen molar-refractivity contribution in [2.45, 2.75) is 70.4 Å². The Labute approximate surface area is 237 Å². The monoisotopic (exact) mass is 562 g/mol. The molecular weight excluding hydrogens is 528 g/mol. The molecule has 1 amide bonds. The topological polar surface area (TPSA) is 147 Å². The number of aromatic nitrogens is 4. The molecule has 4 heterocycles. The number of aryl methyl sites for hydroxylation is 1. The number of ether oxygens (including phenoxy) is 1. The van der Waals surface area contributed by atoms with Gasteiger partial charge in [0.15, 0.2) is 0 Å². The molecule has 3 aromatic heterocycles. The Morgan fingerprint density at radius 1 is 1.35 bits per heavy atom. The SMILES string of the molecule is C=C[C@H]1CN(C(=O)OC(C)(C)C)CCCN1c1nccc(-c2noc([C@@]3(C)CCCc4sc(N)c(C#N)c43)n2)n1. The largest absolute Gasteiger partial charge is 0.444 e. The van der Waals surface area contributed by atoms with Crippen LogP contribution in [0.5, 0.6) is 0 Å². The lowest BCUT2D eigenvalue weighted by Gasteiger charge is -2.31. The average molecular weight is 563 g/mol. The third kappa shape index (κ3) is 5.13. The van der Waals surface area contributed by atoms with E-state index in [2.05, 4.69) is 22.8 Å². The Balaban J connectivity index is 1.41. The first-order valence-electron chi connectivity index (χ1n) is 13.4. The summed E-state index contributed by atoms with van der Waals surface area (Å²) in [5.41, 5.74) is 6.90. The minimum atomic E-state index is -0.613. The van der Waals surface area contributed by atoms with Crippen LogP contribution >= 0.6 is 11.3 Å². The molecule has 0 saturated carbocycles. The van der Waals surface area contributed by atoms with E-state index in [1.807, 2.05) is 32.6 Å². The number of rotatable bonds is 4. The minimum absolute atomic E-state index is 0.209. The van der Waals surface area contributed by atoms with E-state index in [4.69, 9.17) is 25.0 Å². The Kier molecular flexibility index (Phi) is 7.27. The van der Waals surface area contributed by atoms with E-state index in [1.165, 1.54) is 11.3 Å². The van der Waals surface area contributed by atoms with Crippen molar-refractivity contribution in [3.05, 3.63) is 46.8 Å². The molecule has 0 radical (unpaired) electrons. The van der Waals surface area contributed by atoms with Gasteiger partial charge < -0.3 is 24.8 Å². The van der Waals surface area contributed by atoms with Crippen molar-refractivity contribution in [2.75, 3.05) is 30.3 Å². The molecule has 1 fully saturated rings. The molecule has 210 valence electrons. The Hall–Kier alpha value is -3.98. The summed E-state index contributed by atoms with van der Waals surface area (Å²) in [5.74, 6) is 1.27. The van der Waals surface area contributed by atoms with Crippen LogP contribution < -0.4 is 10.6 Å². The van der Waals surface area contributed by atoms with Crippen LogP contribution in [0.2, 0.25) is 0 Å². The first kappa shape index (κ1) is 27.6. The van der Waals surface area contributed by atoms with E-state index in [9.17, 15) is 10.1 Å². The molecule has 2 atom stereocenters. The molecule has 1 aliphatic heterocycles. The number of fused-ring (bicyclic) bond motifs is 1. The second-order valence-corrected chi connectivity index (χ2v) is 12.5. The van der Waals surface area contributed by atoms with Crippen molar-refractivity contribution in [3.63, 3.8) is 0 Å². The zero-order chi connectivity index (χ0) is 28.7. The average Bonchev–Trinajstić information content (AvgIpc) is 3.47. The van der Waals surface area contributed by atoms with Gasteiger partial charge in [0, 0.05) is 36.3 Å². The quantitative estimate of drug-likeness (QED) is 0.444. The lowest BCUT2D eigenvalue weighted by molar-refractivity contribution is 0.0255. The lowest BCUT2D eigenvalue weighted by atomic mass is 9.72. The predicted octanol–water partition coefficient (Wildman–Crippen LogP) is 4.69. The van der Waals surface area contributed by atoms with Gasteiger partial charge in [-0.15, -0.1) is 17.9 Å². The maximum atomic E-state index is 12.8. The summed E-state index contributed by atoms with van der Waals surface area (Å²) < 4.78 is 11.4. The van der Waals surface area contributed by atoms with Crippen molar-refractivity contribution in [2.24, 2.45) is 0 Å². The lowest BCUT2D eigenvalue weighted by Crippen LogP contribution is -2.44. The van der Waals surface area contributed by atoms with Gasteiger partial charge in [-0.1, -0.05) is 11.2 Å². The zero-order valence-corrected chi connectivity index (χ0v) is 24.1. The molecule has 40 heavy (non-hydrogen) atoms. The van der Waals surface area contributed by atoms with Crippen LogP contribution in [0, 0.1) is 11.3 Å². The summed E-state index contributed by atoms with van der Waals surface area (Å²) in [6.07, 6.45) is 6.41. The summed E-state index contributed by atoms with van der Waals surface area (Å²) >= 11 is 1.47. The first-order valence-corrected chi connectivity index (χ1v) is 14.2. The van der Waals surface area contributed by atoms with Gasteiger partial charge in [0.05, 0.1) is 17.0 Å². The van der Waals surface area contributed by atoms with E-state index in [1.54, 1.807) is 23.2 Å². The predicted molar refractivity (Wildman–Crippen MR) is 152 cm³/mol. The van der Waals surface area contributed by atoms with Crippen molar-refractivity contribution < 1.29 is 14.1 Å². The van der Waals surface area contributed by atoms with Crippen LogP contribution in [0.1, 0.15) is 68.9 Å². The molecule has 2 N–H and O–H groups in total. The molecule has 2 aliphatic rings. The number of nitrogens with zero attached hydrogens (tertiary/aromatic N) is 7. The minimum Gasteiger partial charge on any atom is -0.444 e. The number of hydrogen-bond donors (Lipinski definition) is 1. The Morgan fingerprint density at radius 2 is 2.15 bits per heavy atom. The number of carbonyl (C=O) groups excluding carboxylic acids is 1. The van der Waals surface area contributed by atoms with Gasteiger partial charge in [0.1, 0.15) is 22.4 Å². The van der Waals surface area contributed by atoms with Crippen LogP contribution in [0.4, 0.5) is 15.7 Å². The van der Waals surface area contributed by atoms with Gasteiger partial charge in [-0.25, -0.2) is 14.8 Å². The molecule has 0 spiro atoms. The van der Waals surface area contributed by atoms with Crippen LogP contribution in [-0.2, 0) is 16.6 Å². The third-order valence-electron chi connectivity index (χ3n) is 7.34. The summed E-state index contributed by atoms with van der Waals surface area (Å²) in [7, 11) is 0. The van der Waals surface area contributed by atoms with E-state index in [-0.39, 0.29) is 12.1 Å². The standard InChI is InChI=1S/C28H34N8O3S/c1-6-17-16-35(26(37)38-27(2,3)4)13-8-14-36(17)25-31-12-10-19(32-25)23-33-24(39-34-23)28(5)11-7-9-20-21(28)18(15-29)22(30)40-20/h6,10,12,17H,1,7-9,11,13-14,16,30H2,2-5H3/t17-,28-/m0/s1. The summed E-state index contributed by atoms with van der Waals surface area (Å²) in [5, 5.41) is 14.6. The van der Waals surface area contributed by atoms with Crippen LogP contribution in [0.3, 0.4) is 0 Å². The van der Waals surface area contributed by atoms with Crippen molar-refractivity contribution in [3.8, 4) is 17.6 Å². The second kappa shape index (κ2) is 10.5.